The molecule has 1 aromatic carbocycles. The number of aliphatic hydroxyl groups excluding tert-OH is 1. The summed E-state index contributed by atoms with van der Waals surface area (Å²) >= 11 is 0. The standard InChI is InChI=1S/C14H14N2O4/c1-18-14-12(15-4-5-16-14)13(17)9-2-3-10-11(8-9)20-7-6-19-10/h2-5,8,13,17H,6-7H2,1H3. The van der Waals surface area contributed by atoms with Crippen molar-refractivity contribution in [2.45, 2.75) is 6.10 Å². The molecule has 0 amide bonds. The minimum absolute atomic E-state index is 0.301. The van der Waals surface area contributed by atoms with Crippen molar-refractivity contribution in [3.63, 3.8) is 0 Å². The van der Waals surface area contributed by atoms with Gasteiger partial charge in [0.15, 0.2) is 11.5 Å². The molecule has 6 nitrogen and oxygen atoms in total. The Morgan fingerprint density at radius 3 is 2.70 bits per heavy atom. The molecule has 20 heavy (non-hydrogen) atoms. The lowest BCUT2D eigenvalue weighted by molar-refractivity contribution is 0.169. The zero-order chi connectivity index (χ0) is 13.9. The second-order valence-corrected chi connectivity index (χ2v) is 4.26. The van der Waals surface area contributed by atoms with E-state index in [-0.39, 0.29) is 0 Å². The fourth-order valence-electron chi connectivity index (χ4n) is 2.07. The Kier molecular flexibility index (Phi) is 3.39. The fourth-order valence-corrected chi connectivity index (χ4v) is 2.07. The maximum atomic E-state index is 10.4. The van der Waals surface area contributed by atoms with Crippen LogP contribution < -0.4 is 14.2 Å². The molecule has 1 unspecified atom stereocenters. The molecule has 0 aliphatic carbocycles. The normalized spacial score (nSPS) is 14.7. The van der Waals surface area contributed by atoms with Gasteiger partial charge in [-0.05, 0) is 17.7 Å². The van der Waals surface area contributed by atoms with E-state index >= 15 is 0 Å². The van der Waals surface area contributed by atoms with E-state index in [0.29, 0.717) is 41.9 Å². The van der Waals surface area contributed by atoms with Gasteiger partial charge in [-0.25, -0.2) is 4.98 Å². The fraction of sp³-hybridized carbons (Fsp3) is 0.286. The first-order valence-electron chi connectivity index (χ1n) is 6.22. The molecular formula is C14H14N2O4. The van der Waals surface area contributed by atoms with Crippen LogP contribution in [0.1, 0.15) is 17.4 Å². The summed E-state index contributed by atoms with van der Waals surface area (Å²) in [7, 11) is 1.49. The Bertz CT molecular complexity index is 618. The van der Waals surface area contributed by atoms with Gasteiger partial charge in [-0.15, -0.1) is 0 Å². The van der Waals surface area contributed by atoms with Crippen molar-refractivity contribution in [2.75, 3.05) is 20.3 Å². The second-order valence-electron chi connectivity index (χ2n) is 4.26. The molecular weight excluding hydrogens is 260 g/mol. The summed E-state index contributed by atoms with van der Waals surface area (Å²) < 4.78 is 16.1. The molecule has 6 heteroatoms. The van der Waals surface area contributed by atoms with Crippen LogP contribution in [0.25, 0.3) is 0 Å². The number of methoxy groups -OCH3 is 1. The zero-order valence-corrected chi connectivity index (χ0v) is 10.9. The molecule has 0 spiro atoms. The van der Waals surface area contributed by atoms with Gasteiger partial charge in [-0.2, -0.15) is 0 Å². The molecule has 2 aromatic rings. The first-order chi connectivity index (χ1) is 9.79. The van der Waals surface area contributed by atoms with Crippen LogP contribution in [-0.2, 0) is 0 Å². The molecule has 1 aromatic heterocycles. The van der Waals surface area contributed by atoms with Gasteiger partial charge >= 0.3 is 0 Å². The molecule has 0 radical (unpaired) electrons. The Balaban J connectivity index is 1.96. The minimum Gasteiger partial charge on any atom is -0.486 e. The van der Waals surface area contributed by atoms with Crippen molar-refractivity contribution in [3.05, 3.63) is 41.9 Å². The van der Waals surface area contributed by atoms with Crippen LogP contribution in [0, 0.1) is 0 Å². The molecule has 1 aliphatic heterocycles. The maximum absolute atomic E-state index is 10.4. The van der Waals surface area contributed by atoms with Gasteiger partial charge in [-0.3, -0.25) is 4.98 Å². The van der Waals surface area contributed by atoms with Gasteiger partial charge in [0.1, 0.15) is 25.0 Å². The maximum Gasteiger partial charge on any atom is 0.238 e. The third kappa shape index (κ3) is 2.25. The Morgan fingerprint density at radius 2 is 1.90 bits per heavy atom. The van der Waals surface area contributed by atoms with Crippen LogP contribution in [0.5, 0.6) is 17.4 Å². The highest BCUT2D eigenvalue weighted by Gasteiger charge is 2.20. The van der Waals surface area contributed by atoms with E-state index in [2.05, 4.69) is 9.97 Å². The van der Waals surface area contributed by atoms with E-state index < -0.39 is 6.10 Å². The summed E-state index contributed by atoms with van der Waals surface area (Å²) in [5.41, 5.74) is 1.01. The lowest BCUT2D eigenvalue weighted by Gasteiger charge is -2.20. The van der Waals surface area contributed by atoms with Gasteiger partial charge in [0.25, 0.3) is 0 Å². The summed E-state index contributed by atoms with van der Waals surface area (Å²) in [4.78, 5) is 8.16. The molecule has 0 saturated carbocycles. The average molecular weight is 274 g/mol. The lowest BCUT2D eigenvalue weighted by Crippen LogP contribution is -2.16. The number of hydrogen-bond donors (Lipinski definition) is 1. The van der Waals surface area contributed by atoms with Crippen molar-refractivity contribution in [3.8, 4) is 17.4 Å². The third-order valence-corrected chi connectivity index (χ3v) is 3.03. The average Bonchev–Trinajstić information content (AvgIpc) is 2.53. The number of benzene rings is 1. The van der Waals surface area contributed by atoms with Crippen molar-refractivity contribution in [1.82, 2.24) is 9.97 Å². The van der Waals surface area contributed by atoms with E-state index in [1.54, 1.807) is 18.2 Å². The summed E-state index contributed by atoms with van der Waals surface area (Å²) in [6, 6.07) is 5.29. The van der Waals surface area contributed by atoms with Crippen LogP contribution in [0.15, 0.2) is 30.6 Å². The molecule has 104 valence electrons. The van der Waals surface area contributed by atoms with Crippen LogP contribution in [-0.4, -0.2) is 35.4 Å². The third-order valence-electron chi connectivity index (χ3n) is 3.03. The lowest BCUT2D eigenvalue weighted by atomic mass is 10.1. The highest BCUT2D eigenvalue weighted by molar-refractivity contribution is 5.46. The number of ether oxygens (including phenoxy) is 3. The summed E-state index contributed by atoms with van der Waals surface area (Å²) in [5, 5.41) is 10.4. The minimum atomic E-state index is -0.936. The van der Waals surface area contributed by atoms with Gasteiger partial charge in [0, 0.05) is 12.4 Å². The predicted molar refractivity (Wildman–Crippen MR) is 70.1 cm³/mol. The van der Waals surface area contributed by atoms with E-state index in [9.17, 15) is 5.11 Å². The van der Waals surface area contributed by atoms with Gasteiger partial charge < -0.3 is 19.3 Å². The molecule has 1 N–H and O–H groups in total. The monoisotopic (exact) mass is 274 g/mol. The van der Waals surface area contributed by atoms with Crippen molar-refractivity contribution in [1.29, 1.82) is 0 Å². The summed E-state index contributed by atoms with van der Waals surface area (Å²) in [6.07, 6.45) is 2.09. The number of aromatic nitrogens is 2. The predicted octanol–water partition coefficient (Wildman–Crippen LogP) is 1.34. The molecule has 0 saturated heterocycles. The number of rotatable bonds is 3. The smallest absolute Gasteiger partial charge is 0.238 e. The second kappa shape index (κ2) is 5.34. The highest BCUT2D eigenvalue weighted by Crippen LogP contribution is 2.35. The largest absolute Gasteiger partial charge is 0.486 e. The van der Waals surface area contributed by atoms with Gasteiger partial charge in [0.2, 0.25) is 5.88 Å². The zero-order valence-electron chi connectivity index (χ0n) is 10.9. The highest BCUT2D eigenvalue weighted by atomic mass is 16.6. The number of hydrogen-bond acceptors (Lipinski definition) is 6. The Labute approximate surface area is 116 Å². The topological polar surface area (TPSA) is 73.7 Å². The summed E-state index contributed by atoms with van der Waals surface area (Å²) in [5.74, 6) is 1.60. The van der Waals surface area contributed by atoms with Crippen molar-refractivity contribution in [2.24, 2.45) is 0 Å². The summed E-state index contributed by atoms with van der Waals surface area (Å²) in [6.45, 7) is 1.04. The molecule has 3 rings (SSSR count). The van der Waals surface area contributed by atoms with Crippen LogP contribution in [0.2, 0.25) is 0 Å². The molecule has 0 bridgehead atoms. The van der Waals surface area contributed by atoms with E-state index in [1.165, 1.54) is 19.5 Å². The van der Waals surface area contributed by atoms with Crippen molar-refractivity contribution >= 4 is 0 Å². The van der Waals surface area contributed by atoms with Crippen LogP contribution in [0.3, 0.4) is 0 Å². The van der Waals surface area contributed by atoms with Crippen LogP contribution in [0.4, 0.5) is 0 Å². The van der Waals surface area contributed by atoms with Gasteiger partial charge in [-0.1, -0.05) is 6.07 Å². The van der Waals surface area contributed by atoms with Crippen LogP contribution >= 0.6 is 0 Å². The van der Waals surface area contributed by atoms with Crippen molar-refractivity contribution < 1.29 is 19.3 Å². The number of aliphatic hydroxyl groups is 1. The first-order valence-corrected chi connectivity index (χ1v) is 6.22. The molecule has 1 aliphatic rings. The Morgan fingerprint density at radius 1 is 1.15 bits per heavy atom. The van der Waals surface area contributed by atoms with E-state index in [1.807, 2.05) is 0 Å². The molecule has 0 fully saturated rings. The first kappa shape index (κ1) is 12.7. The SMILES string of the molecule is COc1nccnc1C(O)c1ccc2c(c1)OCCO2. The van der Waals surface area contributed by atoms with Gasteiger partial charge in [0.05, 0.1) is 7.11 Å². The number of fused-ring (bicyclic) bond motifs is 1. The Hall–Kier alpha value is -2.34. The number of nitrogens with zero attached hydrogens (tertiary/aromatic N) is 2. The van der Waals surface area contributed by atoms with E-state index in [4.69, 9.17) is 14.2 Å². The molecule has 2 heterocycles. The van der Waals surface area contributed by atoms with E-state index in [0.717, 1.165) is 0 Å². The quantitative estimate of drug-likeness (QED) is 0.910. The molecule has 1 atom stereocenters.